The second kappa shape index (κ2) is 7.59. The Labute approximate surface area is 147 Å². The van der Waals surface area contributed by atoms with Gasteiger partial charge < -0.3 is 14.8 Å². The van der Waals surface area contributed by atoms with Gasteiger partial charge in [0.1, 0.15) is 12.3 Å². The third-order valence-corrected chi connectivity index (χ3v) is 3.51. The molecule has 1 atom stereocenters. The molecule has 1 aromatic heterocycles. The van der Waals surface area contributed by atoms with Crippen LogP contribution in [-0.4, -0.2) is 28.0 Å². The lowest BCUT2D eigenvalue weighted by atomic mass is 10.0. The van der Waals surface area contributed by atoms with Gasteiger partial charge in [-0.15, -0.1) is 0 Å². The number of carbonyl (C=O) groups is 2. The quantitative estimate of drug-likeness (QED) is 0.811. The fourth-order valence-electron chi connectivity index (χ4n) is 2.24. The van der Waals surface area contributed by atoms with E-state index in [1.165, 1.54) is 12.1 Å². The molecule has 140 valence electrons. The molecule has 1 aromatic carbocycles. The van der Waals surface area contributed by atoms with Crippen molar-refractivity contribution in [2.45, 2.75) is 32.5 Å². The summed E-state index contributed by atoms with van der Waals surface area (Å²) in [7, 11) is 0. The van der Waals surface area contributed by atoms with E-state index in [1.807, 2.05) is 13.8 Å². The van der Waals surface area contributed by atoms with Crippen LogP contribution in [-0.2, 0) is 11.0 Å². The molecule has 0 bridgehead atoms. The minimum absolute atomic E-state index is 0.0420. The number of benzene rings is 1. The van der Waals surface area contributed by atoms with E-state index < -0.39 is 29.7 Å². The summed E-state index contributed by atoms with van der Waals surface area (Å²) in [4.78, 5) is 27.2. The molecule has 2 N–H and O–H groups in total. The van der Waals surface area contributed by atoms with Gasteiger partial charge >= 0.3 is 12.1 Å². The molecule has 2 rings (SSSR count). The molecule has 0 aliphatic rings. The summed E-state index contributed by atoms with van der Waals surface area (Å²) in [6.45, 7) is 3.64. The largest absolute Gasteiger partial charge is 0.480 e. The van der Waals surface area contributed by atoms with Gasteiger partial charge in [0.2, 0.25) is 5.89 Å². The molecule has 0 saturated heterocycles. The van der Waals surface area contributed by atoms with Crippen LogP contribution < -0.4 is 5.32 Å². The molecule has 0 saturated carbocycles. The molecule has 0 spiro atoms. The van der Waals surface area contributed by atoms with E-state index in [1.54, 1.807) is 0 Å². The van der Waals surface area contributed by atoms with Crippen molar-refractivity contribution in [3.8, 4) is 11.5 Å². The Morgan fingerprint density at radius 1 is 1.23 bits per heavy atom. The predicted molar refractivity (Wildman–Crippen MR) is 85.3 cm³/mol. The van der Waals surface area contributed by atoms with Gasteiger partial charge in [-0.1, -0.05) is 13.8 Å². The van der Waals surface area contributed by atoms with E-state index in [2.05, 4.69) is 10.3 Å². The SMILES string of the molecule is CC(C)CC(NC(=O)c1coc(-c2ccc(C(F)(F)F)cc2)n1)C(=O)O. The summed E-state index contributed by atoms with van der Waals surface area (Å²) in [6, 6.07) is 3.03. The number of rotatable bonds is 6. The van der Waals surface area contributed by atoms with Crippen molar-refractivity contribution in [2.24, 2.45) is 5.92 Å². The Kier molecular flexibility index (Phi) is 5.69. The van der Waals surface area contributed by atoms with Crippen molar-refractivity contribution < 1.29 is 32.3 Å². The first-order valence-electron chi connectivity index (χ1n) is 7.74. The zero-order valence-electron chi connectivity index (χ0n) is 14.0. The Morgan fingerprint density at radius 3 is 2.35 bits per heavy atom. The highest BCUT2D eigenvalue weighted by Crippen LogP contribution is 2.30. The molecule has 6 nitrogen and oxygen atoms in total. The van der Waals surface area contributed by atoms with Crippen LogP contribution in [0.25, 0.3) is 11.5 Å². The first kappa shape index (κ1) is 19.5. The Bertz CT molecular complexity index is 782. The summed E-state index contributed by atoms with van der Waals surface area (Å²) in [5.41, 5.74) is -0.715. The number of amides is 1. The van der Waals surface area contributed by atoms with Gasteiger partial charge in [-0.05, 0) is 36.6 Å². The van der Waals surface area contributed by atoms with Crippen LogP contribution in [0.15, 0.2) is 34.9 Å². The molecule has 1 heterocycles. The van der Waals surface area contributed by atoms with Gasteiger partial charge in [-0.25, -0.2) is 9.78 Å². The number of carboxylic acids is 1. The average molecular weight is 370 g/mol. The first-order chi connectivity index (χ1) is 12.1. The number of nitrogens with one attached hydrogen (secondary N) is 1. The fourth-order valence-corrected chi connectivity index (χ4v) is 2.24. The van der Waals surface area contributed by atoms with Crippen LogP contribution in [0.5, 0.6) is 0 Å². The molecule has 1 amide bonds. The van der Waals surface area contributed by atoms with E-state index in [4.69, 9.17) is 9.52 Å². The number of aliphatic carboxylic acids is 1. The van der Waals surface area contributed by atoms with Crippen molar-refractivity contribution in [2.75, 3.05) is 0 Å². The monoisotopic (exact) mass is 370 g/mol. The summed E-state index contributed by atoms with van der Waals surface area (Å²) in [5.74, 6) is -1.89. The molecule has 9 heteroatoms. The maximum absolute atomic E-state index is 12.6. The van der Waals surface area contributed by atoms with Gasteiger partial charge in [0.25, 0.3) is 5.91 Å². The summed E-state index contributed by atoms with van der Waals surface area (Å²) < 4.78 is 42.8. The van der Waals surface area contributed by atoms with Gasteiger partial charge in [-0.3, -0.25) is 4.79 Å². The van der Waals surface area contributed by atoms with E-state index >= 15 is 0 Å². The van der Waals surface area contributed by atoms with Crippen molar-refractivity contribution in [1.29, 1.82) is 0 Å². The zero-order valence-corrected chi connectivity index (χ0v) is 14.0. The van der Waals surface area contributed by atoms with Gasteiger partial charge in [0, 0.05) is 5.56 Å². The lowest BCUT2D eigenvalue weighted by Gasteiger charge is -2.15. The summed E-state index contributed by atoms with van der Waals surface area (Å²) >= 11 is 0. The topological polar surface area (TPSA) is 92.4 Å². The van der Waals surface area contributed by atoms with Crippen molar-refractivity contribution in [1.82, 2.24) is 10.3 Å². The number of oxazole rings is 1. The molecule has 0 fully saturated rings. The number of alkyl halides is 3. The predicted octanol–water partition coefficient (Wildman–Crippen LogP) is 3.59. The molecule has 26 heavy (non-hydrogen) atoms. The van der Waals surface area contributed by atoms with E-state index in [0.29, 0.717) is 0 Å². The third-order valence-electron chi connectivity index (χ3n) is 3.51. The third kappa shape index (κ3) is 4.84. The molecule has 2 aromatic rings. The van der Waals surface area contributed by atoms with Crippen molar-refractivity contribution in [3.63, 3.8) is 0 Å². The fraction of sp³-hybridized carbons (Fsp3) is 0.353. The van der Waals surface area contributed by atoms with Crippen LogP contribution in [0.1, 0.15) is 36.3 Å². The van der Waals surface area contributed by atoms with Crippen LogP contribution in [0.3, 0.4) is 0 Å². The molecular weight excluding hydrogens is 353 g/mol. The van der Waals surface area contributed by atoms with Crippen LogP contribution in [0, 0.1) is 5.92 Å². The molecule has 1 unspecified atom stereocenters. The van der Waals surface area contributed by atoms with Gasteiger partial charge in [-0.2, -0.15) is 13.2 Å². The van der Waals surface area contributed by atoms with E-state index in [0.717, 1.165) is 18.4 Å². The molecular formula is C17H17F3N2O4. The minimum Gasteiger partial charge on any atom is -0.480 e. The van der Waals surface area contributed by atoms with E-state index in [-0.39, 0.29) is 29.5 Å². The van der Waals surface area contributed by atoms with E-state index in [9.17, 15) is 22.8 Å². The first-order valence-corrected chi connectivity index (χ1v) is 7.74. The Hall–Kier alpha value is -2.84. The highest BCUT2D eigenvalue weighted by Gasteiger charge is 2.30. The van der Waals surface area contributed by atoms with Gasteiger partial charge in [0.05, 0.1) is 5.56 Å². The van der Waals surface area contributed by atoms with Crippen LogP contribution in [0.2, 0.25) is 0 Å². The Morgan fingerprint density at radius 2 is 1.85 bits per heavy atom. The standard InChI is InChI=1S/C17H17F3N2O4/c1-9(2)7-12(16(24)25)21-14(23)13-8-26-15(22-13)10-3-5-11(6-4-10)17(18,19)20/h3-6,8-9,12H,7H2,1-2H3,(H,21,23)(H,24,25). The van der Waals surface area contributed by atoms with Gasteiger partial charge in [0.15, 0.2) is 5.69 Å². The maximum atomic E-state index is 12.6. The lowest BCUT2D eigenvalue weighted by molar-refractivity contribution is -0.140. The average Bonchev–Trinajstić information content (AvgIpc) is 3.03. The molecule has 0 aliphatic heterocycles. The second-order valence-corrected chi connectivity index (χ2v) is 6.11. The van der Waals surface area contributed by atoms with Crippen LogP contribution >= 0.6 is 0 Å². The number of nitrogens with zero attached hydrogens (tertiary/aromatic N) is 1. The highest BCUT2D eigenvalue weighted by atomic mass is 19.4. The lowest BCUT2D eigenvalue weighted by Crippen LogP contribution is -2.41. The second-order valence-electron chi connectivity index (χ2n) is 6.11. The number of aromatic nitrogens is 1. The summed E-state index contributed by atoms with van der Waals surface area (Å²) in [6.07, 6.45) is -3.19. The Balaban J connectivity index is 2.13. The summed E-state index contributed by atoms with van der Waals surface area (Å²) in [5, 5.41) is 11.5. The number of carbonyl (C=O) groups excluding carboxylic acids is 1. The molecule has 0 radical (unpaired) electrons. The molecule has 0 aliphatic carbocycles. The van der Waals surface area contributed by atoms with Crippen LogP contribution in [0.4, 0.5) is 13.2 Å². The maximum Gasteiger partial charge on any atom is 0.416 e. The van der Waals surface area contributed by atoms with Crippen molar-refractivity contribution >= 4 is 11.9 Å². The van der Waals surface area contributed by atoms with Crippen molar-refractivity contribution in [3.05, 3.63) is 41.8 Å². The normalized spacial score (nSPS) is 12.8. The zero-order chi connectivity index (χ0) is 19.5. The number of hydrogen-bond acceptors (Lipinski definition) is 4. The number of hydrogen-bond donors (Lipinski definition) is 2. The number of carboxylic acid groups (broad SMARTS) is 1. The smallest absolute Gasteiger partial charge is 0.416 e. The minimum atomic E-state index is -4.46. The number of halogens is 3. The highest BCUT2D eigenvalue weighted by molar-refractivity contribution is 5.95.